The number of carbonyl (C=O) groups excluding carboxylic acids is 3. The Balaban J connectivity index is 4.43. The topological polar surface area (TPSA) is 78.9 Å². The summed E-state index contributed by atoms with van der Waals surface area (Å²) in [7, 11) is 0. The third-order valence-electron chi connectivity index (χ3n) is 11.7. The summed E-state index contributed by atoms with van der Waals surface area (Å²) in [6, 6.07) is 0. The first kappa shape index (κ1) is 61.9. The monoisotopic (exact) mass is 907 g/mol. The molecule has 65 heavy (non-hydrogen) atoms. The van der Waals surface area contributed by atoms with Crippen LogP contribution in [0.2, 0.25) is 0 Å². The summed E-state index contributed by atoms with van der Waals surface area (Å²) in [5, 5.41) is 0. The Labute approximate surface area is 402 Å². The number of unbranched alkanes of at least 4 members (excludes halogenated alkanes) is 26. The molecule has 0 fully saturated rings. The average molecular weight is 907 g/mol. The summed E-state index contributed by atoms with van der Waals surface area (Å²) in [4.78, 5) is 38.1. The van der Waals surface area contributed by atoms with Crippen molar-refractivity contribution in [3.05, 3.63) is 72.9 Å². The van der Waals surface area contributed by atoms with Crippen LogP contribution in [0.4, 0.5) is 0 Å². The van der Waals surface area contributed by atoms with Crippen LogP contribution >= 0.6 is 0 Å². The highest BCUT2D eigenvalue weighted by atomic mass is 16.6. The van der Waals surface area contributed by atoms with Gasteiger partial charge in [0.15, 0.2) is 6.10 Å². The van der Waals surface area contributed by atoms with E-state index < -0.39 is 6.10 Å². The van der Waals surface area contributed by atoms with Gasteiger partial charge in [-0.25, -0.2) is 0 Å². The van der Waals surface area contributed by atoms with Crippen molar-refractivity contribution in [3.63, 3.8) is 0 Å². The van der Waals surface area contributed by atoms with Crippen molar-refractivity contribution in [1.82, 2.24) is 0 Å². The van der Waals surface area contributed by atoms with Crippen molar-refractivity contribution in [2.45, 2.75) is 271 Å². The quantitative estimate of drug-likeness (QED) is 0.0262. The van der Waals surface area contributed by atoms with Gasteiger partial charge in [0.1, 0.15) is 13.2 Å². The highest BCUT2D eigenvalue weighted by molar-refractivity contribution is 5.71. The van der Waals surface area contributed by atoms with E-state index in [-0.39, 0.29) is 31.1 Å². The number of allylic oxidation sites excluding steroid dienone is 12. The van der Waals surface area contributed by atoms with Gasteiger partial charge in [-0.2, -0.15) is 0 Å². The summed E-state index contributed by atoms with van der Waals surface area (Å²) in [5.41, 5.74) is 0. The minimum absolute atomic E-state index is 0.0888. The smallest absolute Gasteiger partial charge is 0.306 e. The summed E-state index contributed by atoms with van der Waals surface area (Å²) >= 11 is 0. The fourth-order valence-corrected chi connectivity index (χ4v) is 7.54. The SMILES string of the molecule is CC/C=C\C/C=C\C/C=C\CCCCCCCC(=O)OC[C@H](COC(=O)CCCCCCCCC/C=C\CCCCCCCC)OC(=O)CCCCCCC/C=C\C/C=C\CCCCC. The molecule has 0 heterocycles. The van der Waals surface area contributed by atoms with E-state index in [2.05, 4.69) is 93.7 Å². The van der Waals surface area contributed by atoms with Crippen molar-refractivity contribution in [3.8, 4) is 0 Å². The zero-order chi connectivity index (χ0) is 47.2. The number of ether oxygens (including phenoxy) is 3. The normalized spacial score (nSPS) is 12.6. The van der Waals surface area contributed by atoms with Gasteiger partial charge < -0.3 is 14.2 Å². The van der Waals surface area contributed by atoms with Gasteiger partial charge in [0, 0.05) is 19.3 Å². The average Bonchev–Trinajstić information content (AvgIpc) is 3.30. The molecule has 374 valence electrons. The number of hydrogen-bond donors (Lipinski definition) is 0. The number of esters is 3. The van der Waals surface area contributed by atoms with Crippen LogP contribution in [0, 0.1) is 0 Å². The van der Waals surface area contributed by atoms with Crippen LogP contribution in [0.5, 0.6) is 0 Å². The zero-order valence-electron chi connectivity index (χ0n) is 42.7. The van der Waals surface area contributed by atoms with E-state index in [4.69, 9.17) is 14.2 Å². The third kappa shape index (κ3) is 51.7. The van der Waals surface area contributed by atoms with Crippen LogP contribution in [0.25, 0.3) is 0 Å². The van der Waals surface area contributed by atoms with Crippen LogP contribution in [0.3, 0.4) is 0 Å². The van der Waals surface area contributed by atoms with Gasteiger partial charge in [0.05, 0.1) is 0 Å². The molecule has 0 spiro atoms. The number of hydrogen-bond acceptors (Lipinski definition) is 6. The van der Waals surface area contributed by atoms with E-state index in [0.29, 0.717) is 19.3 Å². The molecule has 0 unspecified atom stereocenters. The highest BCUT2D eigenvalue weighted by Gasteiger charge is 2.19. The summed E-state index contributed by atoms with van der Waals surface area (Å²) < 4.78 is 16.8. The van der Waals surface area contributed by atoms with Gasteiger partial charge in [-0.05, 0) is 109 Å². The largest absolute Gasteiger partial charge is 0.462 e. The minimum atomic E-state index is -0.791. The van der Waals surface area contributed by atoms with Gasteiger partial charge in [-0.1, -0.05) is 209 Å². The van der Waals surface area contributed by atoms with Crippen molar-refractivity contribution in [2.75, 3.05) is 13.2 Å². The maximum Gasteiger partial charge on any atom is 0.306 e. The maximum absolute atomic E-state index is 12.8. The minimum Gasteiger partial charge on any atom is -0.462 e. The summed E-state index contributed by atoms with van der Waals surface area (Å²) in [6.07, 6.45) is 67.4. The summed E-state index contributed by atoms with van der Waals surface area (Å²) in [5.74, 6) is -0.919. The van der Waals surface area contributed by atoms with Crippen molar-refractivity contribution in [2.24, 2.45) is 0 Å². The fourth-order valence-electron chi connectivity index (χ4n) is 7.54. The Morgan fingerprint density at radius 1 is 0.323 bits per heavy atom. The molecular formula is C59H102O6. The van der Waals surface area contributed by atoms with E-state index in [1.807, 2.05) is 0 Å². The molecule has 0 aliphatic rings. The number of rotatable bonds is 49. The number of carbonyl (C=O) groups is 3. The molecule has 0 radical (unpaired) electrons. The Morgan fingerprint density at radius 3 is 0.985 bits per heavy atom. The van der Waals surface area contributed by atoms with Crippen LogP contribution < -0.4 is 0 Å². The van der Waals surface area contributed by atoms with E-state index >= 15 is 0 Å². The lowest BCUT2D eigenvalue weighted by atomic mass is 10.1. The van der Waals surface area contributed by atoms with Crippen molar-refractivity contribution >= 4 is 17.9 Å². The van der Waals surface area contributed by atoms with Crippen LogP contribution in [-0.4, -0.2) is 37.2 Å². The van der Waals surface area contributed by atoms with Gasteiger partial charge in [0.2, 0.25) is 0 Å². The van der Waals surface area contributed by atoms with Crippen molar-refractivity contribution in [1.29, 1.82) is 0 Å². The molecule has 0 aromatic carbocycles. The lowest BCUT2D eigenvalue weighted by Gasteiger charge is -2.18. The predicted octanol–water partition coefficient (Wildman–Crippen LogP) is 18.2. The lowest BCUT2D eigenvalue weighted by molar-refractivity contribution is -0.167. The second-order valence-electron chi connectivity index (χ2n) is 18.1. The second kappa shape index (κ2) is 53.5. The molecule has 0 saturated heterocycles. The third-order valence-corrected chi connectivity index (χ3v) is 11.7. The van der Waals surface area contributed by atoms with E-state index in [1.54, 1.807) is 0 Å². The van der Waals surface area contributed by atoms with Crippen molar-refractivity contribution < 1.29 is 28.6 Å². The van der Waals surface area contributed by atoms with Crippen LogP contribution in [-0.2, 0) is 28.6 Å². The van der Waals surface area contributed by atoms with Crippen LogP contribution in [0.15, 0.2) is 72.9 Å². The molecule has 1 atom stereocenters. The Bertz CT molecular complexity index is 1230. The Hall–Kier alpha value is -3.15. The fraction of sp³-hybridized carbons (Fsp3) is 0.746. The van der Waals surface area contributed by atoms with Gasteiger partial charge in [-0.3, -0.25) is 14.4 Å². The Kier molecular flexibility index (Phi) is 50.9. The molecule has 0 saturated carbocycles. The van der Waals surface area contributed by atoms with Gasteiger partial charge >= 0.3 is 17.9 Å². The molecule has 0 N–H and O–H groups in total. The van der Waals surface area contributed by atoms with Gasteiger partial charge in [-0.15, -0.1) is 0 Å². The first-order valence-electron chi connectivity index (χ1n) is 27.4. The molecule has 0 rings (SSSR count). The molecule has 0 aromatic rings. The zero-order valence-corrected chi connectivity index (χ0v) is 42.7. The van der Waals surface area contributed by atoms with E-state index in [0.717, 1.165) is 122 Å². The highest BCUT2D eigenvalue weighted by Crippen LogP contribution is 2.14. The first-order valence-corrected chi connectivity index (χ1v) is 27.4. The molecular weight excluding hydrogens is 805 g/mol. The maximum atomic E-state index is 12.8. The van der Waals surface area contributed by atoms with E-state index in [1.165, 1.54) is 103 Å². The standard InChI is InChI=1S/C59H102O6/c1-4-7-10-13-16-19-22-25-28-29-32-34-37-40-43-46-49-52-58(61)64-55-56(65-59(62)53-50-47-44-41-38-35-31-27-24-21-18-15-12-9-6-3)54-63-57(60)51-48-45-42-39-36-33-30-26-23-20-17-14-11-8-5-2/h8,11,17-18,20-21,25-28,30-31,56H,4-7,9-10,12-16,19,22-24,29,32-55H2,1-3H3/b11-8-,20-17-,21-18-,28-25-,30-26-,31-27-/t56-/m1/s1. The molecule has 0 bridgehead atoms. The Morgan fingerprint density at radius 2 is 0.600 bits per heavy atom. The molecule has 0 aromatic heterocycles. The van der Waals surface area contributed by atoms with Gasteiger partial charge in [0.25, 0.3) is 0 Å². The molecule has 6 nitrogen and oxygen atoms in total. The second-order valence-corrected chi connectivity index (χ2v) is 18.1. The van der Waals surface area contributed by atoms with E-state index in [9.17, 15) is 14.4 Å². The summed E-state index contributed by atoms with van der Waals surface area (Å²) in [6.45, 7) is 6.48. The molecule has 6 heteroatoms. The lowest BCUT2D eigenvalue weighted by Crippen LogP contribution is -2.30. The molecule has 0 amide bonds. The molecule has 0 aliphatic heterocycles. The van der Waals surface area contributed by atoms with Crippen LogP contribution in [0.1, 0.15) is 265 Å². The molecule has 0 aliphatic carbocycles. The predicted molar refractivity (Wildman–Crippen MR) is 279 cm³/mol. The first-order chi connectivity index (χ1) is 32.0.